The van der Waals surface area contributed by atoms with E-state index >= 15 is 0 Å². The van der Waals surface area contributed by atoms with Crippen LogP contribution in [0.1, 0.15) is 11.6 Å². The lowest BCUT2D eigenvalue weighted by molar-refractivity contribution is 0.427. The van der Waals surface area contributed by atoms with Gasteiger partial charge in [0.25, 0.3) is 0 Å². The molecular weight excluding hydrogens is 254 g/mol. The van der Waals surface area contributed by atoms with Gasteiger partial charge in [0.2, 0.25) is 0 Å². The Labute approximate surface area is 96.6 Å². The molecule has 6 heteroatoms. The van der Waals surface area contributed by atoms with Crippen LogP contribution >= 0.6 is 35.6 Å². The summed E-state index contributed by atoms with van der Waals surface area (Å²) >= 11 is 11.3. The topological polar surface area (TPSA) is 26.0 Å². The third-order valence-electron chi connectivity index (χ3n) is 1.62. The first-order valence-electron chi connectivity index (χ1n) is 3.53. The van der Waals surface area contributed by atoms with Crippen molar-refractivity contribution in [1.29, 1.82) is 0 Å². The zero-order chi connectivity index (χ0) is 10.0. The SMILES string of the molecule is Cl.N[C@@H](CF)c1c(F)ccc(Cl)c1Cl. The standard InChI is InChI=1S/C8H7Cl2F2N.ClH/c9-4-1-2-5(12)7(8(4)10)6(13)3-11;/h1-2,6H,3,13H2;1H/t6-;/m0./s1. The molecule has 0 fully saturated rings. The van der Waals surface area contributed by atoms with Crippen molar-refractivity contribution in [2.24, 2.45) is 5.73 Å². The van der Waals surface area contributed by atoms with E-state index in [1.165, 1.54) is 6.07 Å². The summed E-state index contributed by atoms with van der Waals surface area (Å²) < 4.78 is 25.2. The average molecular weight is 263 g/mol. The van der Waals surface area contributed by atoms with Crippen molar-refractivity contribution < 1.29 is 8.78 Å². The van der Waals surface area contributed by atoms with Crippen LogP contribution < -0.4 is 5.73 Å². The molecule has 1 rings (SSSR count). The van der Waals surface area contributed by atoms with Gasteiger partial charge in [-0.1, -0.05) is 23.2 Å². The Morgan fingerprint density at radius 3 is 2.43 bits per heavy atom. The maximum Gasteiger partial charge on any atom is 0.129 e. The minimum Gasteiger partial charge on any atom is -0.322 e. The summed E-state index contributed by atoms with van der Waals surface area (Å²) in [6.07, 6.45) is 0. The van der Waals surface area contributed by atoms with E-state index in [9.17, 15) is 8.78 Å². The molecule has 1 aromatic carbocycles. The molecule has 0 aliphatic carbocycles. The van der Waals surface area contributed by atoms with Gasteiger partial charge in [-0.3, -0.25) is 0 Å². The van der Waals surface area contributed by atoms with Gasteiger partial charge in [-0.05, 0) is 12.1 Å². The third kappa shape index (κ3) is 2.70. The first-order chi connectivity index (χ1) is 6.07. The highest BCUT2D eigenvalue weighted by Gasteiger charge is 2.17. The summed E-state index contributed by atoms with van der Waals surface area (Å²) in [5.41, 5.74) is 5.23. The molecule has 1 aromatic rings. The quantitative estimate of drug-likeness (QED) is 0.811. The van der Waals surface area contributed by atoms with E-state index in [0.717, 1.165) is 6.07 Å². The molecular formula is C8H8Cl3F2N. The molecule has 0 radical (unpaired) electrons. The van der Waals surface area contributed by atoms with Crippen LogP contribution in [0.3, 0.4) is 0 Å². The molecule has 0 saturated carbocycles. The second-order valence-electron chi connectivity index (χ2n) is 2.52. The van der Waals surface area contributed by atoms with E-state index in [1.807, 2.05) is 0 Å². The molecule has 0 heterocycles. The number of rotatable bonds is 2. The smallest absolute Gasteiger partial charge is 0.129 e. The van der Waals surface area contributed by atoms with Crippen LogP contribution in [0.25, 0.3) is 0 Å². The van der Waals surface area contributed by atoms with Crippen molar-refractivity contribution in [3.63, 3.8) is 0 Å². The predicted octanol–water partition coefficient (Wildman–Crippen LogP) is 3.52. The minimum absolute atomic E-state index is 0. The van der Waals surface area contributed by atoms with Crippen LogP contribution in [-0.2, 0) is 0 Å². The van der Waals surface area contributed by atoms with E-state index in [2.05, 4.69) is 0 Å². The van der Waals surface area contributed by atoms with Gasteiger partial charge in [0.05, 0.1) is 16.1 Å². The highest BCUT2D eigenvalue weighted by Crippen LogP contribution is 2.31. The zero-order valence-corrected chi connectivity index (χ0v) is 9.26. The van der Waals surface area contributed by atoms with E-state index in [0.29, 0.717) is 0 Å². The Kier molecular flexibility index (Phi) is 5.67. The molecule has 0 bridgehead atoms. The van der Waals surface area contributed by atoms with Crippen molar-refractivity contribution in [2.75, 3.05) is 6.67 Å². The predicted molar refractivity (Wildman–Crippen MR) is 56.6 cm³/mol. The van der Waals surface area contributed by atoms with Gasteiger partial charge in [0, 0.05) is 5.56 Å². The lowest BCUT2D eigenvalue weighted by Crippen LogP contribution is -2.14. The van der Waals surface area contributed by atoms with E-state index in [-0.39, 0.29) is 28.0 Å². The molecule has 1 nitrogen and oxygen atoms in total. The van der Waals surface area contributed by atoms with Gasteiger partial charge in [-0.25, -0.2) is 8.78 Å². The number of hydrogen-bond donors (Lipinski definition) is 1. The molecule has 80 valence electrons. The first-order valence-corrected chi connectivity index (χ1v) is 4.28. The molecule has 1 atom stereocenters. The summed E-state index contributed by atoms with van der Waals surface area (Å²) in [5.74, 6) is -0.639. The second kappa shape index (κ2) is 5.71. The first kappa shape index (κ1) is 13.9. The van der Waals surface area contributed by atoms with Gasteiger partial charge < -0.3 is 5.73 Å². The highest BCUT2D eigenvalue weighted by molar-refractivity contribution is 6.42. The largest absolute Gasteiger partial charge is 0.322 e. The zero-order valence-electron chi connectivity index (χ0n) is 6.94. The van der Waals surface area contributed by atoms with Gasteiger partial charge in [0.1, 0.15) is 12.5 Å². The van der Waals surface area contributed by atoms with E-state index in [1.54, 1.807) is 0 Å². The summed E-state index contributed by atoms with van der Waals surface area (Å²) in [6.45, 7) is -0.878. The Morgan fingerprint density at radius 2 is 1.93 bits per heavy atom. The number of halogens is 5. The fraction of sp³-hybridized carbons (Fsp3) is 0.250. The third-order valence-corrected chi connectivity index (χ3v) is 2.44. The lowest BCUT2D eigenvalue weighted by Gasteiger charge is -2.11. The molecule has 0 saturated heterocycles. The van der Waals surface area contributed by atoms with E-state index < -0.39 is 18.5 Å². The minimum atomic E-state index is -1.06. The van der Waals surface area contributed by atoms with Crippen molar-refractivity contribution in [3.05, 3.63) is 33.6 Å². The van der Waals surface area contributed by atoms with E-state index in [4.69, 9.17) is 28.9 Å². The summed E-state index contributed by atoms with van der Waals surface area (Å²) in [4.78, 5) is 0. The molecule has 0 aliphatic heterocycles. The number of hydrogen-bond acceptors (Lipinski definition) is 1. The Balaban J connectivity index is 0.00000169. The molecule has 0 unspecified atom stereocenters. The second-order valence-corrected chi connectivity index (χ2v) is 3.30. The van der Waals surface area contributed by atoms with Gasteiger partial charge in [-0.15, -0.1) is 12.4 Å². The molecule has 2 N–H and O–H groups in total. The maximum absolute atomic E-state index is 13.1. The van der Waals surface area contributed by atoms with Crippen molar-refractivity contribution in [3.8, 4) is 0 Å². The summed E-state index contributed by atoms with van der Waals surface area (Å²) in [6, 6.07) is 1.35. The van der Waals surface area contributed by atoms with Crippen LogP contribution in [0.4, 0.5) is 8.78 Å². The van der Waals surface area contributed by atoms with Crippen molar-refractivity contribution in [1.82, 2.24) is 0 Å². The molecule has 14 heavy (non-hydrogen) atoms. The fourth-order valence-corrected chi connectivity index (χ4v) is 1.42. The van der Waals surface area contributed by atoms with Crippen molar-refractivity contribution in [2.45, 2.75) is 6.04 Å². The average Bonchev–Trinajstić information content (AvgIpc) is 2.12. The fourth-order valence-electron chi connectivity index (χ4n) is 0.960. The van der Waals surface area contributed by atoms with Crippen LogP contribution in [0, 0.1) is 5.82 Å². The Hall–Kier alpha value is -0.0900. The molecule has 0 aromatic heterocycles. The Bertz CT molecular complexity index is 320. The molecule has 0 spiro atoms. The normalized spacial score (nSPS) is 12.1. The van der Waals surface area contributed by atoms with Gasteiger partial charge in [-0.2, -0.15) is 0 Å². The number of nitrogens with two attached hydrogens (primary N) is 1. The van der Waals surface area contributed by atoms with Gasteiger partial charge >= 0.3 is 0 Å². The molecule has 0 amide bonds. The molecule has 0 aliphatic rings. The van der Waals surface area contributed by atoms with Crippen molar-refractivity contribution >= 4 is 35.6 Å². The van der Waals surface area contributed by atoms with Crippen LogP contribution in [-0.4, -0.2) is 6.67 Å². The summed E-state index contributed by atoms with van der Waals surface area (Å²) in [7, 11) is 0. The Morgan fingerprint density at radius 1 is 1.36 bits per heavy atom. The van der Waals surface area contributed by atoms with Gasteiger partial charge in [0.15, 0.2) is 0 Å². The van der Waals surface area contributed by atoms with Crippen LogP contribution in [0.5, 0.6) is 0 Å². The monoisotopic (exact) mass is 261 g/mol. The summed E-state index contributed by atoms with van der Waals surface area (Å²) in [5, 5.41) is 0.147. The highest BCUT2D eigenvalue weighted by atomic mass is 35.5. The number of alkyl halides is 1. The van der Waals surface area contributed by atoms with Crippen LogP contribution in [0.2, 0.25) is 10.0 Å². The van der Waals surface area contributed by atoms with Crippen LogP contribution in [0.15, 0.2) is 12.1 Å². The number of benzene rings is 1. The maximum atomic E-state index is 13.1. The lowest BCUT2D eigenvalue weighted by atomic mass is 10.1.